The van der Waals surface area contributed by atoms with Crippen LogP contribution in [0.5, 0.6) is 0 Å². The molecule has 0 bridgehead atoms. The lowest BCUT2D eigenvalue weighted by Gasteiger charge is -2.21. The van der Waals surface area contributed by atoms with Gasteiger partial charge in [0.1, 0.15) is 10.7 Å². The lowest BCUT2D eigenvalue weighted by Crippen LogP contribution is -2.34. The van der Waals surface area contributed by atoms with Gasteiger partial charge in [0.05, 0.1) is 11.1 Å². The molecule has 0 heterocycles. The van der Waals surface area contributed by atoms with Crippen LogP contribution in [0.3, 0.4) is 0 Å². The minimum Gasteiger partial charge on any atom is -0.207 e. The average molecular weight is 303 g/mol. The van der Waals surface area contributed by atoms with E-state index in [0.29, 0.717) is 0 Å². The molecule has 4 nitrogen and oxygen atoms in total. The molecular formula is C12H12ClFN2O2S. The molecule has 1 aliphatic carbocycles. The molecule has 0 saturated heterocycles. The summed E-state index contributed by atoms with van der Waals surface area (Å²) in [6.45, 7) is 0.136. The summed E-state index contributed by atoms with van der Waals surface area (Å²) in [5.74, 6) is -0.584. The van der Waals surface area contributed by atoms with Crippen LogP contribution in [0, 0.1) is 17.1 Å². The molecule has 1 saturated carbocycles. The van der Waals surface area contributed by atoms with Gasteiger partial charge in [-0.05, 0) is 31.0 Å². The van der Waals surface area contributed by atoms with Crippen LogP contribution in [-0.2, 0) is 10.0 Å². The number of benzene rings is 1. The molecule has 0 spiro atoms. The van der Waals surface area contributed by atoms with E-state index in [1.54, 1.807) is 0 Å². The lowest BCUT2D eigenvalue weighted by atomic mass is 10.3. The average Bonchev–Trinajstić information content (AvgIpc) is 3.13. The molecule has 2 rings (SSSR count). The summed E-state index contributed by atoms with van der Waals surface area (Å²) in [4.78, 5) is -0.111. The van der Waals surface area contributed by atoms with Gasteiger partial charge in [-0.15, -0.1) is 0 Å². The number of hydrogen-bond donors (Lipinski definition) is 0. The molecule has 1 aromatic rings. The summed E-state index contributed by atoms with van der Waals surface area (Å²) in [6.07, 6.45) is 1.68. The van der Waals surface area contributed by atoms with Crippen LogP contribution in [0.1, 0.15) is 19.3 Å². The molecule has 0 atom stereocenters. The largest absolute Gasteiger partial charge is 0.244 e. The highest BCUT2D eigenvalue weighted by Gasteiger charge is 2.38. The molecule has 0 aliphatic heterocycles. The topological polar surface area (TPSA) is 61.2 Å². The number of rotatable bonds is 5. The second kappa shape index (κ2) is 5.45. The highest BCUT2D eigenvalue weighted by Crippen LogP contribution is 2.34. The Balaban J connectivity index is 2.36. The van der Waals surface area contributed by atoms with Gasteiger partial charge in [0.15, 0.2) is 0 Å². The molecule has 7 heteroatoms. The van der Waals surface area contributed by atoms with Crippen molar-refractivity contribution in [2.45, 2.75) is 30.2 Å². The van der Waals surface area contributed by atoms with Crippen molar-refractivity contribution in [3.8, 4) is 6.07 Å². The Labute approximate surface area is 116 Å². The summed E-state index contributed by atoms with van der Waals surface area (Å²) in [5.41, 5.74) is 0. The lowest BCUT2D eigenvalue weighted by molar-refractivity contribution is 0.411. The maximum atomic E-state index is 13.0. The molecule has 1 aliphatic rings. The van der Waals surface area contributed by atoms with Crippen molar-refractivity contribution in [1.29, 1.82) is 5.26 Å². The van der Waals surface area contributed by atoms with Crippen molar-refractivity contribution in [1.82, 2.24) is 4.31 Å². The number of sulfonamides is 1. The smallest absolute Gasteiger partial charge is 0.207 e. The molecular weight excluding hydrogens is 291 g/mol. The van der Waals surface area contributed by atoms with Crippen molar-refractivity contribution < 1.29 is 12.8 Å². The van der Waals surface area contributed by atoms with Crippen molar-refractivity contribution in [3.63, 3.8) is 0 Å². The van der Waals surface area contributed by atoms with E-state index in [0.717, 1.165) is 31.0 Å². The minimum atomic E-state index is -3.77. The summed E-state index contributed by atoms with van der Waals surface area (Å²) >= 11 is 5.81. The fourth-order valence-electron chi connectivity index (χ4n) is 1.83. The van der Waals surface area contributed by atoms with Crippen molar-refractivity contribution in [3.05, 3.63) is 29.0 Å². The van der Waals surface area contributed by atoms with Crippen LogP contribution in [0.2, 0.25) is 5.02 Å². The Bertz CT molecular complexity index is 623. The summed E-state index contributed by atoms with van der Waals surface area (Å²) < 4.78 is 39.2. The second-order valence-corrected chi connectivity index (χ2v) is 6.60. The van der Waals surface area contributed by atoms with E-state index < -0.39 is 15.8 Å². The monoisotopic (exact) mass is 302 g/mol. The Morgan fingerprint density at radius 2 is 2.16 bits per heavy atom. The predicted octanol–water partition coefficient (Wildman–Crippen LogP) is 2.55. The third kappa shape index (κ3) is 3.06. The predicted molar refractivity (Wildman–Crippen MR) is 68.6 cm³/mol. The van der Waals surface area contributed by atoms with Gasteiger partial charge in [-0.25, -0.2) is 12.8 Å². The van der Waals surface area contributed by atoms with Crippen LogP contribution in [0.15, 0.2) is 23.1 Å². The molecule has 0 amide bonds. The molecule has 1 aromatic carbocycles. The van der Waals surface area contributed by atoms with E-state index in [-0.39, 0.29) is 28.9 Å². The summed E-state index contributed by atoms with van der Waals surface area (Å²) in [6, 6.07) is 5.06. The third-order valence-corrected chi connectivity index (χ3v) is 5.31. The first-order valence-corrected chi connectivity index (χ1v) is 7.62. The Kier molecular flexibility index (Phi) is 4.09. The zero-order valence-electron chi connectivity index (χ0n) is 10.0. The van der Waals surface area contributed by atoms with E-state index in [1.165, 1.54) is 4.31 Å². The van der Waals surface area contributed by atoms with Crippen LogP contribution >= 0.6 is 11.6 Å². The second-order valence-electron chi connectivity index (χ2n) is 4.33. The SMILES string of the molecule is N#CCCN(C1CC1)S(=O)(=O)c1ccc(F)cc1Cl. The zero-order chi connectivity index (χ0) is 14.0. The maximum absolute atomic E-state index is 13.0. The van der Waals surface area contributed by atoms with Crippen LogP contribution in [0.4, 0.5) is 4.39 Å². The number of nitrogens with zero attached hydrogens (tertiary/aromatic N) is 2. The standard InChI is InChI=1S/C12H12ClFN2O2S/c13-11-8-9(14)2-5-12(11)19(17,18)16(7-1-6-15)10-3-4-10/h2,5,8,10H,1,3-4,7H2. The number of hydrogen-bond acceptors (Lipinski definition) is 3. The minimum absolute atomic E-state index is 0.0699. The molecule has 0 N–H and O–H groups in total. The van der Waals surface area contributed by atoms with Crippen LogP contribution in [-0.4, -0.2) is 25.3 Å². The molecule has 0 aromatic heterocycles. The van der Waals surface area contributed by atoms with E-state index >= 15 is 0 Å². The fraction of sp³-hybridized carbons (Fsp3) is 0.417. The Hall–Kier alpha value is -1.16. The molecule has 102 valence electrons. The van der Waals surface area contributed by atoms with Gasteiger partial charge < -0.3 is 0 Å². The Morgan fingerprint density at radius 1 is 1.47 bits per heavy atom. The van der Waals surface area contributed by atoms with Gasteiger partial charge in [0, 0.05) is 19.0 Å². The molecule has 0 radical (unpaired) electrons. The Morgan fingerprint density at radius 3 is 2.68 bits per heavy atom. The fourth-order valence-corrected chi connectivity index (χ4v) is 4.03. The van der Waals surface area contributed by atoms with E-state index in [2.05, 4.69) is 0 Å². The van der Waals surface area contributed by atoms with Crippen molar-refractivity contribution in [2.24, 2.45) is 0 Å². The number of halogens is 2. The molecule has 1 fully saturated rings. The van der Waals surface area contributed by atoms with Gasteiger partial charge >= 0.3 is 0 Å². The zero-order valence-corrected chi connectivity index (χ0v) is 11.6. The molecule has 0 unspecified atom stereocenters. The highest BCUT2D eigenvalue weighted by molar-refractivity contribution is 7.89. The normalized spacial score (nSPS) is 15.5. The first-order valence-electron chi connectivity index (χ1n) is 5.80. The van der Waals surface area contributed by atoms with Gasteiger partial charge in [-0.3, -0.25) is 0 Å². The van der Waals surface area contributed by atoms with Crippen LogP contribution < -0.4 is 0 Å². The van der Waals surface area contributed by atoms with Crippen molar-refractivity contribution in [2.75, 3.05) is 6.54 Å². The van der Waals surface area contributed by atoms with E-state index in [4.69, 9.17) is 16.9 Å². The first kappa shape index (κ1) is 14.3. The third-order valence-electron chi connectivity index (χ3n) is 2.88. The van der Waals surface area contributed by atoms with E-state index in [1.807, 2.05) is 6.07 Å². The summed E-state index contributed by atoms with van der Waals surface area (Å²) in [5, 5.41) is 8.46. The van der Waals surface area contributed by atoms with Gasteiger partial charge in [0.25, 0.3) is 0 Å². The highest BCUT2D eigenvalue weighted by atomic mass is 35.5. The quantitative estimate of drug-likeness (QED) is 0.840. The maximum Gasteiger partial charge on any atom is 0.244 e. The summed E-state index contributed by atoms with van der Waals surface area (Å²) in [7, 11) is -3.77. The van der Waals surface area contributed by atoms with Gasteiger partial charge in [-0.1, -0.05) is 11.6 Å². The molecule has 19 heavy (non-hydrogen) atoms. The van der Waals surface area contributed by atoms with Gasteiger partial charge in [-0.2, -0.15) is 9.57 Å². The van der Waals surface area contributed by atoms with Crippen molar-refractivity contribution >= 4 is 21.6 Å². The first-order chi connectivity index (χ1) is 8.96. The number of nitriles is 1. The van der Waals surface area contributed by atoms with E-state index in [9.17, 15) is 12.8 Å². The van der Waals surface area contributed by atoms with Gasteiger partial charge in [0.2, 0.25) is 10.0 Å². The van der Waals surface area contributed by atoms with Crippen LogP contribution in [0.25, 0.3) is 0 Å².